The van der Waals surface area contributed by atoms with Gasteiger partial charge in [-0.15, -0.1) is 0 Å². The molecule has 5 nitrogen and oxygen atoms in total. The molecule has 0 N–H and O–H groups in total. The van der Waals surface area contributed by atoms with Crippen LogP contribution in [0.5, 0.6) is 0 Å². The van der Waals surface area contributed by atoms with Crippen LogP contribution in [0.1, 0.15) is 26.5 Å². The smallest absolute Gasteiger partial charge is 0.251 e. The molecule has 1 atom stereocenters. The van der Waals surface area contributed by atoms with Gasteiger partial charge in [0.15, 0.2) is 0 Å². The molecule has 0 radical (unpaired) electrons. The first-order valence-corrected chi connectivity index (χ1v) is 7.60. The molecule has 0 aromatic carbocycles. The Balaban J connectivity index is 1.89. The number of aromatic nitrogens is 1. The van der Waals surface area contributed by atoms with E-state index >= 15 is 0 Å². The van der Waals surface area contributed by atoms with Gasteiger partial charge in [0.2, 0.25) is 0 Å². The Bertz CT molecular complexity index is 482. The van der Waals surface area contributed by atoms with Crippen LogP contribution in [0.25, 0.3) is 0 Å². The normalized spacial score (nSPS) is 17.2. The lowest BCUT2D eigenvalue weighted by Gasteiger charge is -2.36. The van der Waals surface area contributed by atoms with Gasteiger partial charge in [-0.25, -0.2) is 4.98 Å². The number of aryl methyl sites for hydroxylation is 1. The molecule has 5 heteroatoms. The van der Waals surface area contributed by atoms with Crippen molar-refractivity contribution in [3.63, 3.8) is 0 Å². The molecule has 1 aromatic rings. The van der Waals surface area contributed by atoms with Crippen LogP contribution in [-0.2, 0) is 9.53 Å². The van der Waals surface area contributed by atoms with Gasteiger partial charge in [-0.1, -0.05) is 6.07 Å². The summed E-state index contributed by atoms with van der Waals surface area (Å²) >= 11 is 0. The first-order valence-electron chi connectivity index (χ1n) is 7.60. The summed E-state index contributed by atoms with van der Waals surface area (Å²) < 4.78 is 5.58. The van der Waals surface area contributed by atoms with Gasteiger partial charge in [0.05, 0.1) is 6.10 Å². The molecule has 0 bridgehead atoms. The maximum Gasteiger partial charge on any atom is 0.251 e. The van der Waals surface area contributed by atoms with E-state index in [1.165, 1.54) is 0 Å². The maximum atomic E-state index is 12.3. The van der Waals surface area contributed by atoms with E-state index in [-0.39, 0.29) is 18.1 Å². The van der Waals surface area contributed by atoms with Crippen molar-refractivity contribution in [3.8, 4) is 0 Å². The van der Waals surface area contributed by atoms with Gasteiger partial charge in [-0.3, -0.25) is 4.79 Å². The molecular formula is C16H25N3O2. The molecule has 1 fully saturated rings. The Morgan fingerprint density at radius 1 is 1.19 bits per heavy atom. The second-order valence-corrected chi connectivity index (χ2v) is 5.78. The van der Waals surface area contributed by atoms with Gasteiger partial charge in [-0.2, -0.15) is 0 Å². The lowest BCUT2D eigenvalue weighted by atomic mass is 10.2. The maximum absolute atomic E-state index is 12.3. The Hall–Kier alpha value is -1.62. The molecule has 0 saturated carbocycles. The number of hydrogen-bond acceptors (Lipinski definition) is 4. The standard InChI is InChI=1S/C16H25N3O2/c1-12(2)21-14(4)16(20)19-10-8-18(9-11-19)15-7-5-6-13(3)17-15/h5-7,12,14H,8-11H2,1-4H3/t14-/m0/s1. The van der Waals surface area contributed by atoms with Crippen molar-refractivity contribution in [2.45, 2.75) is 39.9 Å². The minimum atomic E-state index is -0.367. The van der Waals surface area contributed by atoms with E-state index in [0.29, 0.717) is 0 Å². The Kier molecular flexibility index (Phi) is 5.17. The van der Waals surface area contributed by atoms with E-state index in [0.717, 1.165) is 37.7 Å². The topological polar surface area (TPSA) is 45.7 Å². The average molecular weight is 291 g/mol. The van der Waals surface area contributed by atoms with Crippen molar-refractivity contribution >= 4 is 11.7 Å². The van der Waals surface area contributed by atoms with Gasteiger partial charge >= 0.3 is 0 Å². The van der Waals surface area contributed by atoms with Crippen LogP contribution >= 0.6 is 0 Å². The third-order valence-corrected chi connectivity index (χ3v) is 3.61. The summed E-state index contributed by atoms with van der Waals surface area (Å²) in [6.07, 6.45) is -0.296. The molecule has 1 saturated heterocycles. The van der Waals surface area contributed by atoms with Gasteiger partial charge in [0, 0.05) is 31.9 Å². The summed E-state index contributed by atoms with van der Waals surface area (Å²) in [5, 5.41) is 0. The number of hydrogen-bond donors (Lipinski definition) is 0. The van der Waals surface area contributed by atoms with Crippen molar-refractivity contribution in [2.24, 2.45) is 0 Å². The van der Waals surface area contributed by atoms with Crippen LogP contribution in [0.3, 0.4) is 0 Å². The molecule has 0 aliphatic carbocycles. The molecule has 21 heavy (non-hydrogen) atoms. The van der Waals surface area contributed by atoms with Crippen molar-refractivity contribution in [1.29, 1.82) is 0 Å². The minimum absolute atomic E-state index is 0.0710. The molecule has 1 aliphatic heterocycles. The van der Waals surface area contributed by atoms with Gasteiger partial charge in [-0.05, 0) is 39.8 Å². The lowest BCUT2D eigenvalue weighted by Crippen LogP contribution is -2.51. The lowest BCUT2D eigenvalue weighted by molar-refractivity contribution is -0.145. The quantitative estimate of drug-likeness (QED) is 0.849. The van der Waals surface area contributed by atoms with E-state index < -0.39 is 0 Å². The Labute approximate surface area is 126 Å². The summed E-state index contributed by atoms with van der Waals surface area (Å²) in [6.45, 7) is 10.8. The monoisotopic (exact) mass is 291 g/mol. The van der Waals surface area contributed by atoms with Crippen molar-refractivity contribution < 1.29 is 9.53 Å². The molecular weight excluding hydrogens is 266 g/mol. The number of amides is 1. The van der Waals surface area contributed by atoms with E-state index in [9.17, 15) is 4.79 Å². The number of piperazine rings is 1. The third kappa shape index (κ3) is 4.17. The molecule has 116 valence electrons. The fourth-order valence-corrected chi connectivity index (χ4v) is 2.58. The van der Waals surface area contributed by atoms with Crippen LogP contribution in [0.2, 0.25) is 0 Å². The Morgan fingerprint density at radius 2 is 1.86 bits per heavy atom. The number of anilines is 1. The molecule has 0 unspecified atom stereocenters. The number of carbonyl (C=O) groups excluding carboxylic acids is 1. The second-order valence-electron chi connectivity index (χ2n) is 5.78. The van der Waals surface area contributed by atoms with Crippen molar-refractivity contribution in [1.82, 2.24) is 9.88 Å². The predicted molar refractivity (Wildman–Crippen MR) is 83.5 cm³/mol. The van der Waals surface area contributed by atoms with Crippen LogP contribution in [-0.4, -0.2) is 54.2 Å². The SMILES string of the molecule is Cc1cccc(N2CCN(C(=O)[C@H](C)OC(C)C)CC2)n1. The van der Waals surface area contributed by atoms with Crippen LogP contribution in [0, 0.1) is 6.92 Å². The molecule has 1 aliphatic rings. The fraction of sp³-hybridized carbons (Fsp3) is 0.625. The molecule has 1 amide bonds. The largest absolute Gasteiger partial charge is 0.366 e. The highest BCUT2D eigenvalue weighted by Crippen LogP contribution is 2.15. The van der Waals surface area contributed by atoms with E-state index in [2.05, 4.69) is 9.88 Å². The first-order chi connectivity index (χ1) is 9.97. The average Bonchev–Trinajstić information content (AvgIpc) is 2.46. The third-order valence-electron chi connectivity index (χ3n) is 3.61. The number of carbonyl (C=O) groups is 1. The summed E-state index contributed by atoms with van der Waals surface area (Å²) in [5.41, 5.74) is 1.02. The van der Waals surface area contributed by atoms with E-state index in [1.54, 1.807) is 0 Å². The Morgan fingerprint density at radius 3 is 2.43 bits per heavy atom. The van der Waals surface area contributed by atoms with Gasteiger partial charge < -0.3 is 14.5 Å². The van der Waals surface area contributed by atoms with Crippen LogP contribution < -0.4 is 4.90 Å². The zero-order valence-corrected chi connectivity index (χ0v) is 13.4. The number of pyridine rings is 1. The summed E-state index contributed by atoms with van der Waals surface area (Å²) in [5.74, 6) is 1.08. The number of nitrogens with zero attached hydrogens (tertiary/aromatic N) is 3. The highest BCUT2D eigenvalue weighted by Gasteiger charge is 2.26. The van der Waals surface area contributed by atoms with E-state index in [4.69, 9.17) is 4.74 Å². The summed E-state index contributed by atoms with van der Waals surface area (Å²) in [7, 11) is 0. The highest BCUT2D eigenvalue weighted by molar-refractivity contribution is 5.80. The number of rotatable bonds is 4. The van der Waals surface area contributed by atoms with Crippen LogP contribution in [0.15, 0.2) is 18.2 Å². The summed E-state index contributed by atoms with van der Waals surface area (Å²) in [4.78, 5) is 21.0. The van der Waals surface area contributed by atoms with E-state index in [1.807, 2.05) is 50.8 Å². The predicted octanol–water partition coefficient (Wildman–Crippen LogP) is 1.85. The zero-order chi connectivity index (χ0) is 15.4. The fourth-order valence-electron chi connectivity index (χ4n) is 2.58. The van der Waals surface area contributed by atoms with Crippen molar-refractivity contribution in [2.75, 3.05) is 31.1 Å². The molecule has 2 rings (SSSR count). The van der Waals surface area contributed by atoms with Crippen LogP contribution in [0.4, 0.5) is 5.82 Å². The van der Waals surface area contributed by atoms with Gasteiger partial charge in [0.1, 0.15) is 11.9 Å². The van der Waals surface area contributed by atoms with Crippen molar-refractivity contribution in [3.05, 3.63) is 23.9 Å². The molecule has 0 spiro atoms. The first kappa shape index (κ1) is 15.8. The summed E-state index contributed by atoms with van der Waals surface area (Å²) in [6, 6.07) is 6.04. The number of ether oxygens (including phenoxy) is 1. The highest BCUT2D eigenvalue weighted by atomic mass is 16.5. The minimum Gasteiger partial charge on any atom is -0.366 e. The second kappa shape index (κ2) is 6.89. The van der Waals surface area contributed by atoms with Gasteiger partial charge in [0.25, 0.3) is 5.91 Å². The molecule has 1 aromatic heterocycles. The molecule has 2 heterocycles. The zero-order valence-electron chi connectivity index (χ0n) is 13.4.